The normalized spacial score (nSPS) is 9.15. The Labute approximate surface area is 88.1 Å². The van der Waals surface area contributed by atoms with Crippen molar-refractivity contribution in [3.8, 4) is 17.6 Å². The molecular weight excluding hydrogens is 204 g/mol. The van der Waals surface area contributed by atoms with E-state index < -0.39 is 0 Å². The fraction of sp³-hybridized carbons (Fsp3) is 0.200. The molecule has 0 aliphatic rings. The maximum absolute atomic E-state index is 9.56. The largest absolute Gasteiger partial charge is 0.506 e. The minimum absolute atomic E-state index is 0.193. The number of benzene rings is 1. The van der Waals surface area contributed by atoms with Gasteiger partial charge in [-0.15, -0.1) is 0 Å². The standard InChI is InChI=1S/C10H9ClOS/c1-7-5-9(11)6-8(10(7)12)3-2-4-13/h5-6,12-13H,4H2,1H3. The smallest absolute Gasteiger partial charge is 0.134 e. The molecule has 0 aliphatic carbocycles. The summed E-state index contributed by atoms with van der Waals surface area (Å²) in [5, 5.41) is 10.1. The van der Waals surface area contributed by atoms with Crippen LogP contribution in [0.5, 0.6) is 5.75 Å². The second-order valence-electron chi connectivity index (χ2n) is 2.58. The molecule has 1 nitrogen and oxygen atoms in total. The Morgan fingerprint density at radius 1 is 1.54 bits per heavy atom. The van der Waals surface area contributed by atoms with Crippen LogP contribution in [0.3, 0.4) is 0 Å². The van der Waals surface area contributed by atoms with Crippen LogP contribution in [0.15, 0.2) is 12.1 Å². The third-order valence-corrected chi connectivity index (χ3v) is 1.94. The molecule has 3 heteroatoms. The molecule has 68 valence electrons. The molecule has 1 aromatic rings. The molecule has 0 unspecified atom stereocenters. The first kappa shape index (κ1) is 10.3. The fourth-order valence-corrected chi connectivity index (χ4v) is 1.32. The minimum atomic E-state index is 0.193. The van der Waals surface area contributed by atoms with Crippen LogP contribution in [-0.2, 0) is 0 Å². The summed E-state index contributed by atoms with van der Waals surface area (Å²) >= 11 is 9.75. The van der Waals surface area contributed by atoms with E-state index in [1.54, 1.807) is 19.1 Å². The van der Waals surface area contributed by atoms with Gasteiger partial charge in [-0.2, -0.15) is 12.6 Å². The number of hydrogen-bond donors (Lipinski definition) is 2. The summed E-state index contributed by atoms with van der Waals surface area (Å²) < 4.78 is 0. The van der Waals surface area contributed by atoms with Crippen LogP contribution in [-0.4, -0.2) is 10.9 Å². The highest BCUT2D eigenvalue weighted by atomic mass is 35.5. The lowest BCUT2D eigenvalue weighted by atomic mass is 10.1. The van der Waals surface area contributed by atoms with E-state index in [-0.39, 0.29) is 5.75 Å². The number of aryl methyl sites for hydroxylation is 1. The van der Waals surface area contributed by atoms with Gasteiger partial charge in [-0.05, 0) is 24.6 Å². The third-order valence-electron chi connectivity index (χ3n) is 1.57. The zero-order chi connectivity index (χ0) is 9.84. The predicted molar refractivity (Wildman–Crippen MR) is 58.6 cm³/mol. The highest BCUT2D eigenvalue weighted by Gasteiger charge is 2.03. The van der Waals surface area contributed by atoms with Gasteiger partial charge in [-0.3, -0.25) is 0 Å². The van der Waals surface area contributed by atoms with E-state index in [9.17, 15) is 5.11 Å². The first-order valence-corrected chi connectivity index (χ1v) is 4.75. The average molecular weight is 213 g/mol. The molecule has 1 rings (SSSR count). The molecule has 0 radical (unpaired) electrons. The van der Waals surface area contributed by atoms with Crippen LogP contribution in [0, 0.1) is 18.8 Å². The Bertz CT molecular complexity index is 376. The Morgan fingerprint density at radius 2 is 2.23 bits per heavy atom. The lowest BCUT2D eigenvalue weighted by Gasteiger charge is -2.01. The van der Waals surface area contributed by atoms with Crippen molar-refractivity contribution in [3.05, 3.63) is 28.3 Å². The quantitative estimate of drug-likeness (QED) is 0.501. The highest BCUT2D eigenvalue weighted by molar-refractivity contribution is 7.80. The fourth-order valence-electron chi connectivity index (χ4n) is 0.966. The number of aromatic hydroxyl groups is 1. The van der Waals surface area contributed by atoms with E-state index in [2.05, 4.69) is 24.5 Å². The van der Waals surface area contributed by atoms with Crippen LogP contribution >= 0.6 is 24.2 Å². The molecule has 0 heterocycles. The van der Waals surface area contributed by atoms with Gasteiger partial charge in [0.15, 0.2) is 0 Å². The summed E-state index contributed by atoms with van der Waals surface area (Å²) in [5.41, 5.74) is 1.29. The van der Waals surface area contributed by atoms with Gasteiger partial charge in [-0.25, -0.2) is 0 Å². The number of phenols is 1. The summed E-state index contributed by atoms with van der Waals surface area (Å²) in [7, 11) is 0. The van der Waals surface area contributed by atoms with Crippen LogP contribution in [0.4, 0.5) is 0 Å². The van der Waals surface area contributed by atoms with Crippen molar-refractivity contribution < 1.29 is 5.11 Å². The molecule has 0 fully saturated rings. The summed E-state index contributed by atoms with van der Waals surface area (Å²) in [5.74, 6) is 6.20. The average Bonchev–Trinajstić information content (AvgIpc) is 2.09. The second kappa shape index (κ2) is 4.45. The van der Waals surface area contributed by atoms with Crippen molar-refractivity contribution in [2.45, 2.75) is 6.92 Å². The van der Waals surface area contributed by atoms with Gasteiger partial charge in [0.25, 0.3) is 0 Å². The molecule has 0 aliphatic heterocycles. The molecular formula is C10H9ClOS. The maximum atomic E-state index is 9.56. The van der Waals surface area contributed by atoms with Crippen molar-refractivity contribution in [3.63, 3.8) is 0 Å². The summed E-state index contributed by atoms with van der Waals surface area (Å²) in [6, 6.07) is 3.34. The summed E-state index contributed by atoms with van der Waals surface area (Å²) in [6.45, 7) is 1.78. The van der Waals surface area contributed by atoms with E-state index in [0.717, 1.165) is 5.56 Å². The van der Waals surface area contributed by atoms with Gasteiger partial charge in [0.1, 0.15) is 5.75 Å². The number of phenolic OH excluding ortho intramolecular Hbond substituents is 1. The topological polar surface area (TPSA) is 20.2 Å². The number of thiol groups is 1. The van der Waals surface area contributed by atoms with Gasteiger partial charge in [0.2, 0.25) is 0 Å². The van der Waals surface area contributed by atoms with Crippen LogP contribution in [0.2, 0.25) is 5.02 Å². The van der Waals surface area contributed by atoms with E-state index in [0.29, 0.717) is 16.3 Å². The van der Waals surface area contributed by atoms with E-state index >= 15 is 0 Å². The zero-order valence-corrected chi connectivity index (χ0v) is 8.78. The number of halogens is 1. The first-order valence-electron chi connectivity index (χ1n) is 3.74. The molecule has 0 saturated heterocycles. The van der Waals surface area contributed by atoms with Crippen LogP contribution < -0.4 is 0 Å². The van der Waals surface area contributed by atoms with Crippen molar-refractivity contribution in [2.75, 3.05) is 5.75 Å². The van der Waals surface area contributed by atoms with E-state index in [4.69, 9.17) is 11.6 Å². The van der Waals surface area contributed by atoms with Crippen LogP contribution in [0.25, 0.3) is 0 Å². The first-order chi connectivity index (χ1) is 6.15. The predicted octanol–water partition coefficient (Wildman–Crippen LogP) is 2.64. The highest BCUT2D eigenvalue weighted by Crippen LogP contribution is 2.25. The lowest BCUT2D eigenvalue weighted by Crippen LogP contribution is -1.82. The zero-order valence-electron chi connectivity index (χ0n) is 7.13. The molecule has 0 saturated carbocycles. The molecule has 1 aromatic carbocycles. The van der Waals surface area contributed by atoms with Crippen molar-refractivity contribution in [2.24, 2.45) is 0 Å². The molecule has 1 N–H and O–H groups in total. The van der Waals surface area contributed by atoms with Gasteiger partial charge in [0.05, 0.1) is 11.3 Å². The van der Waals surface area contributed by atoms with Crippen molar-refractivity contribution >= 4 is 24.2 Å². The molecule has 0 amide bonds. The van der Waals surface area contributed by atoms with Gasteiger partial charge < -0.3 is 5.11 Å². The summed E-state index contributed by atoms with van der Waals surface area (Å²) in [6.07, 6.45) is 0. The Balaban J connectivity index is 3.20. The Hall–Kier alpha value is -0.780. The van der Waals surface area contributed by atoms with Crippen LogP contribution in [0.1, 0.15) is 11.1 Å². The Kier molecular flexibility index (Phi) is 3.53. The number of hydrogen-bond acceptors (Lipinski definition) is 2. The monoisotopic (exact) mass is 212 g/mol. The number of rotatable bonds is 0. The Morgan fingerprint density at radius 3 is 2.85 bits per heavy atom. The van der Waals surface area contributed by atoms with E-state index in [1.165, 1.54) is 0 Å². The lowest BCUT2D eigenvalue weighted by molar-refractivity contribution is 0.469. The molecule has 0 spiro atoms. The minimum Gasteiger partial charge on any atom is -0.506 e. The molecule has 0 bridgehead atoms. The van der Waals surface area contributed by atoms with Crippen molar-refractivity contribution in [1.29, 1.82) is 0 Å². The SMILES string of the molecule is Cc1cc(Cl)cc(C#CCS)c1O. The molecule has 0 aromatic heterocycles. The van der Waals surface area contributed by atoms with Gasteiger partial charge in [0, 0.05) is 5.02 Å². The summed E-state index contributed by atoms with van der Waals surface area (Å²) in [4.78, 5) is 0. The molecule has 13 heavy (non-hydrogen) atoms. The molecule has 0 atom stereocenters. The van der Waals surface area contributed by atoms with E-state index in [1.807, 2.05) is 0 Å². The van der Waals surface area contributed by atoms with Crippen molar-refractivity contribution in [1.82, 2.24) is 0 Å². The second-order valence-corrected chi connectivity index (χ2v) is 3.33. The van der Waals surface area contributed by atoms with Gasteiger partial charge in [-0.1, -0.05) is 23.4 Å². The third kappa shape index (κ3) is 2.58. The maximum Gasteiger partial charge on any atom is 0.134 e. The van der Waals surface area contributed by atoms with Gasteiger partial charge >= 0.3 is 0 Å².